The summed E-state index contributed by atoms with van der Waals surface area (Å²) in [6.45, 7) is 6.44. The summed E-state index contributed by atoms with van der Waals surface area (Å²) in [6.07, 6.45) is 5.22. The second kappa shape index (κ2) is 6.68. The molecule has 2 fully saturated rings. The Bertz CT molecular complexity index is 440. The number of halogens is 1. The normalized spacial score (nSPS) is 19.8. The van der Waals surface area contributed by atoms with E-state index in [4.69, 9.17) is 16.3 Å². The first kappa shape index (κ1) is 14.0. The zero-order chi connectivity index (χ0) is 13.8. The molecule has 2 heterocycles. The Morgan fingerprint density at radius 1 is 1.00 bits per heavy atom. The highest BCUT2D eigenvalue weighted by atomic mass is 35.5. The van der Waals surface area contributed by atoms with Crippen molar-refractivity contribution in [1.29, 1.82) is 0 Å². The van der Waals surface area contributed by atoms with Crippen molar-refractivity contribution in [3.8, 4) is 5.75 Å². The average molecular weight is 295 g/mol. The van der Waals surface area contributed by atoms with E-state index in [2.05, 4.69) is 15.9 Å². The molecular weight excluding hydrogens is 272 g/mol. The number of hydrogen-bond acceptors (Lipinski definition) is 3. The monoisotopic (exact) mass is 294 g/mol. The Morgan fingerprint density at radius 3 is 2.40 bits per heavy atom. The SMILES string of the molecule is Clc1cc(N2CCCC2)ccc1OCCN1CCCC1. The molecule has 0 aromatic heterocycles. The predicted molar refractivity (Wildman–Crippen MR) is 84.1 cm³/mol. The zero-order valence-electron chi connectivity index (χ0n) is 12.0. The molecule has 0 bridgehead atoms. The van der Waals surface area contributed by atoms with Gasteiger partial charge in [0.1, 0.15) is 12.4 Å². The number of nitrogens with zero attached hydrogens (tertiary/aromatic N) is 2. The van der Waals surface area contributed by atoms with E-state index in [1.54, 1.807) is 0 Å². The minimum absolute atomic E-state index is 0.725. The Kier molecular flexibility index (Phi) is 4.69. The zero-order valence-corrected chi connectivity index (χ0v) is 12.7. The predicted octanol–water partition coefficient (Wildman–Crippen LogP) is 3.41. The van der Waals surface area contributed by atoms with Gasteiger partial charge in [-0.15, -0.1) is 0 Å². The maximum atomic E-state index is 6.34. The highest BCUT2D eigenvalue weighted by Crippen LogP contribution is 2.30. The molecule has 0 unspecified atom stereocenters. The molecule has 1 aromatic carbocycles. The summed E-state index contributed by atoms with van der Waals surface area (Å²) in [6, 6.07) is 6.18. The van der Waals surface area contributed by atoms with Crippen LogP contribution in [0.4, 0.5) is 5.69 Å². The third kappa shape index (κ3) is 3.39. The van der Waals surface area contributed by atoms with Gasteiger partial charge >= 0.3 is 0 Å². The molecule has 4 heteroatoms. The maximum Gasteiger partial charge on any atom is 0.138 e. The minimum Gasteiger partial charge on any atom is -0.491 e. The van der Waals surface area contributed by atoms with Crippen LogP contribution in [0, 0.1) is 0 Å². The maximum absolute atomic E-state index is 6.34. The van der Waals surface area contributed by atoms with E-state index in [9.17, 15) is 0 Å². The minimum atomic E-state index is 0.725. The fourth-order valence-corrected chi connectivity index (χ4v) is 3.30. The standard InChI is InChI=1S/C16H23ClN2O/c17-15-13-14(19-9-3-4-10-19)5-6-16(15)20-12-11-18-7-1-2-8-18/h5-6,13H,1-4,7-12H2. The van der Waals surface area contributed by atoms with Gasteiger partial charge < -0.3 is 9.64 Å². The van der Waals surface area contributed by atoms with Gasteiger partial charge in [0.2, 0.25) is 0 Å². The van der Waals surface area contributed by atoms with Crippen LogP contribution in [0.3, 0.4) is 0 Å². The summed E-state index contributed by atoms with van der Waals surface area (Å²) in [7, 11) is 0. The number of ether oxygens (including phenoxy) is 1. The van der Waals surface area contributed by atoms with Gasteiger partial charge in [-0.2, -0.15) is 0 Å². The van der Waals surface area contributed by atoms with Gasteiger partial charge in [-0.3, -0.25) is 4.90 Å². The lowest BCUT2D eigenvalue weighted by atomic mass is 10.3. The summed E-state index contributed by atoms with van der Waals surface area (Å²) < 4.78 is 5.82. The Labute approximate surface area is 126 Å². The van der Waals surface area contributed by atoms with E-state index in [1.165, 1.54) is 44.5 Å². The van der Waals surface area contributed by atoms with Gasteiger partial charge in [0.15, 0.2) is 0 Å². The van der Waals surface area contributed by atoms with Gasteiger partial charge in [-0.1, -0.05) is 11.6 Å². The van der Waals surface area contributed by atoms with E-state index in [0.717, 1.165) is 37.0 Å². The quantitative estimate of drug-likeness (QED) is 0.828. The summed E-state index contributed by atoms with van der Waals surface area (Å²) in [4.78, 5) is 4.84. The number of benzene rings is 1. The molecule has 1 aromatic rings. The largest absolute Gasteiger partial charge is 0.491 e. The molecule has 0 amide bonds. The molecule has 20 heavy (non-hydrogen) atoms. The fraction of sp³-hybridized carbons (Fsp3) is 0.625. The molecule has 0 N–H and O–H groups in total. The first-order valence-electron chi connectivity index (χ1n) is 7.72. The smallest absolute Gasteiger partial charge is 0.138 e. The Hall–Kier alpha value is -0.930. The van der Waals surface area contributed by atoms with Crippen LogP contribution in [0.5, 0.6) is 5.75 Å². The second-order valence-electron chi connectivity index (χ2n) is 5.71. The van der Waals surface area contributed by atoms with Crippen molar-refractivity contribution in [1.82, 2.24) is 4.90 Å². The van der Waals surface area contributed by atoms with Crippen molar-refractivity contribution in [3.63, 3.8) is 0 Å². The van der Waals surface area contributed by atoms with Crippen molar-refractivity contribution in [2.24, 2.45) is 0 Å². The van der Waals surface area contributed by atoms with E-state index >= 15 is 0 Å². The molecular formula is C16H23ClN2O. The van der Waals surface area contributed by atoms with Gasteiger partial charge in [-0.05, 0) is 57.0 Å². The Balaban J connectivity index is 1.53. The van der Waals surface area contributed by atoms with Gasteiger partial charge in [0.25, 0.3) is 0 Å². The van der Waals surface area contributed by atoms with Crippen LogP contribution in [-0.2, 0) is 0 Å². The van der Waals surface area contributed by atoms with Crippen molar-refractivity contribution >= 4 is 17.3 Å². The highest BCUT2D eigenvalue weighted by molar-refractivity contribution is 6.32. The Morgan fingerprint density at radius 2 is 1.70 bits per heavy atom. The van der Waals surface area contributed by atoms with Crippen molar-refractivity contribution < 1.29 is 4.74 Å². The molecule has 0 radical (unpaired) electrons. The van der Waals surface area contributed by atoms with E-state index in [-0.39, 0.29) is 0 Å². The van der Waals surface area contributed by atoms with Crippen LogP contribution < -0.4 is 9.64 Å². The van der Waals surface area contributed by atoms with Crippen molar-refractivity contribution in [2.45, 2.75) is 25.7 Å². The molecule has 0 saturated carbocycles. The molecule has 0 aliphatic carbocycles. The summed E-state index contributed by atoms with van der Waals surface area (Å²) >= 11 is 6.34. The third-order valence-corrected chi connectivity index (χ3v) is 4.55. The van der Waals surface area contributed by atoms with Gasteiger partial charge in [0.05, 0.1) is 5.02 Å². The second-order valence-corrected chi connectivity index (χ2v) is 6.11. The highest BCUT2D eigenvalue weighted by Gasteiger charge is 2.14. The van der Waals surface area contributed by atoms with Gasteiger partial charge in [-0.25, -0.2) is 0 Å². The molecule has 2 saturated heterocycles. The summed E-state index contributed by atoms with van der Waals surface area (Å²) in [5.74, 6) is 0.814. The first-order chi connectivity index (χ1) is 9.83. The molecule has 2 aliphatic heterocycles. The number of rotatable bonds is 5. The molecule has 3 rings (SSSR count). The lowest BCUT2D eigenvalue weighted by molar-refractivity contribution is 0.238. The van der Waals surface area contributed by atoms with Crippen molar-refractivity contribution in [2.75, 3.05) is 44.2 Å². The van der Waals surface area contributed by atoms with Crippen LogP contribution in [0.15, 0.2) is 18.2 Å². The van der Waals surface area contributed by atoms with Crippen LogP contribution in [0.1, 0.15) is 25.7 Å². The van der Waals surface area contributed by atoms with Crippen molar-refractivity contribution in [3.05, 3.63) is 23.2 Å². The van der Waals surface area contributed by atoms with E-state index in [1.807, 2.05) is 12.1 Å². The summed E-state index contributed by atoms with van der Waals surface area (Å²) in [5.41, 5.74) is 1.22. The number of anilines is 1. The van der Waals surface area contributed by atoms with Crippen LogP contribution in [0.2, 0.25) is 5.02 Å². The van der Waals surface area contributed by atoms with Crippen LogP contribution >= 0.6 is 11.6 Å². The molecule has 2 aliphatic rings. The number of hydrogen-bond donors (Lipinski definition) is 0. The number of likely N-dealkylation sites (tertiary alicyclic amines) is 1. The third-order valence-electron chi connectivity index (χ3n) is 4.25. The molecule has 0 spiro atoms. The van der Waals surface area contributed by atoms with Crippen LogP contribution in [-0.4, -0.2) is 44.2 Å². The molecule has 110 valence electrons. The first-order valence-corrected chi connectivity index (χ1v) is 8.10. The van der Waals surface area contributed by atoms with Gasteiger partial charge in [0, 0.05) is 25.3 Å². The summed E-state index contributed by atoms with van der Waals surface area (Å²) in [5, 5.41) is 0.732. The van der Waals surface area contributed by atoms with E-state index in [0.29, 0.717) is 0 Å². The van der Waals surface area contributed by atoms with E-state index < -0.39 is 0 Å². The molecule has 0 atom stereocenters. The lowest BCUT2D eigenvalue weighted by Crippen LogP contribution is -2.25. The topological polar surface area (TPSA) is 15.7 Å². The average Bonchev–Trinajstić information content (AvgIpc) is 3.12. The molecule has 3 nitrogen and oxygen atoms in total. The lowest BCUT2D eigenvalue weighted by Gasteiger charge is -2.19. The fourth-order valence-electron chi connectivity index (χ4n) is 3.07. The van der Waals surface area contributed by atoms with Crippen LogP contribution in [0.25, 0.3) is 0 Å².